The highest BCUT2D eigenvalue weighted by Crippen LogP contribution is 2.11. The van der Waals surface area contributed by atoms with Gasteiger partial charge in [-0.25, -0.2) is 0 Å². The van der Waals surface area contributed by atoms with E-state index in [0.717, 1.165) is 58.5 Å². The molecule has 0 N–H and O–H groups in total. The summed E-state index contributed by atoms with van der Waals surface area (Å²) in [6, 6.07) is 0. The van der Waals surface area contributed by atoms with E-state index < -0.39 is 0 Å². The number of hydrogen-bond acceptors (Lipinski definition) is 4. The first kappa shape index (κ1) is 13.3. The molecule has 0 aromatic rings. The minimum absolute atomic E-state index is 0.797. The lowest BCUT2D eigenvalue weighted by Crippen LogP contribution is -2.44. The number of rotatable bonds is 5. The van der Waals surface area contributed by atoms with E-state index in [9.17, 15) is 0 Å². The molecule has 0 unspecified atom stereocenters. The Bertz CT molecular complexity index is 182. The van der Waals surface area contributed by atoms with E-state index in [4.69, 9.17) is 9.47 Å². The van der Waals surface area contributed by atoms with Gasteiger partial charge < -0.3 is 9.47 Å². The van der Waals surface area contributed by atoms with Crippen molar-refractivity contribution in [3.8, 4) is 0 Å². The predicted molar refractivity (Wildman–Crippen MR) is 68.3 cm³/mol. The molecule has 0 aromatic carbocycles. The van der Waals surface area contributed by atoms with Crippen molar-refractivity contribution in [2.45, 2.75) is 13.3 Å². The number of morpholine rings is 2. The van der Waals surface area contributed by atoms with Gasteiger partial charge in [0.25, 0.3) is 0 Å². The van der Waals surface area contributed by atoms with Crippen molar-refractivity contribution < 1.29 is 9.47 Å². The summed E-state index contributed by atoms with van der Waals surface area (Å²) in [6.45, 7) is 12.9. The molecule has 17 heavy (non-hydrogen) atoms. The lowest BCUT2D eigenvalue weighted by Gasteiger charge is -2.34. The van der Waals surface area contributed by atoms with E-state index in [1.165, 1.54) is 19.5 Å². The van der Waals surface area contributed by atoms with Crippen LogP contribution in [-0.2, 0) is 9.47 Å². The van der Waals surface area contributed by atoms with Gasteiger partial charge in [-0.3, -0.25) is 9.80 Å². The molecular weight excluding hydrogens is 216 g/mol. The smallest absolute Gasteiger partial charge is 0.0594 e. The first-order chi connectivity index (χ1) is 8.38. The van der Waals surface area contributed by atoms with Gasteiger partial charge in [-0.1, -0.05) is 13.3 Å². The van der Waals surface area contributed by atoms with E-state index >= 15 is 0 Å². The fraction of sp³-hybridized carbons (Fsp3) is 1.00. The Morgan fingerprint density at radius 3 is 1.59 bits per heavy atom. The Balaban J connectivity index is 1.71. The molecule has 0 bridgehead atoms. The number of nitrogens with zero attached hydrogens (tertiary/aromatic N) is 2. The summed E-state index contributed by atoms with van der Waals surface area (Å²) in [5, 5.41) is 0. The molecule has 100 valence electrons. The Morgan fingerprint density at radius 1 is 0.824 bits per heavy atom. The maximum atomic E-state index is 5.40. The van der Waals surface area contributed by atoms with Crippen LogP contribution in [-0.4, -0.2) is 75.5 Å². The van der Waals surface area contributed by atoms with Crippen molar-refractivity contribution >= 4 is 0 Å². The standard InChI is InChI=1S/C13H26N2O2/c1-2-13(11-14-3-7-16-8-4-14)12-15-5-9-17-10-6-15/h13H,2-12H2,1H3. The minimum atomic E-state index is 0.797. The molecule has 2 aliphatic heterocycles. The van der Waals surface area contributed by atoms with Gasteiger partial charge in [0.1, 0.15) is 0 Å². The Hall–Kier alpha value is -0.160. The van der Waals surface area contributed by atoms with Crippen LogP contribution in [0.3, 0.4) is 0 Å². The van der Waals surface area contributed by atoms with Crippen molar-refractivity contribution in [3.63, 3.8) is 0 Å². The zero-order valence-electron chi connectivity index (χ0n) is 11.1. The number of ether oxygens (including phenoxy) is 2. The first-order valence-corrected chi connectivity index (χ1v) is 6.98. The number of hydrogen-bond donors (Lipinski definition) is 0. The molecular formula is C13H26N2O2. The van der Waals surface area contributed by atoms with Gasteiger partial charge in [0.2, 0.25) is 0 Å². The Labute approximate surface area is 105 Å². The van der Waals surface area contributed by atoms with Crippen LogP contribution >= 0.6 is 0 Å². The fourth-order valence-electron chi connectivity index (χ4n) is 2.61. The summed E-state index contributed by atoms with van der Waals surface area (Å²) < 4.78 is 10.8. The fourth-order valence-corrected chi connectivity index (χ4v) is 2.61. The summed E-state index contributed by atoms with van der Waals surface area (Å²) in [6.07, 6.45) is 1.27. The zero-order valence-corrected chi connectivity index (χ0v) is 11.1. The molecule has 4 heteroatoms. The van der Waals surface area contributed by atoms with Gasteiger partial charge in [0.15, 0.2) is 0 Å². The highest BCUT2D eigenvalue weighted by atomic mass is 16.5. The molecule has 0 spiro atoms. The monoisotopic (exact) mass is 242 g/mol. The van der Waals surface area contributed by atoms with E-state index in [0.29, 0.717) is 0 Å². The molecule has 0 radical (unpaired) electrons. The SMILES string of the molecule is CCC(CN1CCOCC1)CN1CCOCC1. The van der Waals surface area contributed by atoms with Crippen LogP contribution in [0.25, 0.3) is 0 Å². The second kappa shape index (κ2) is 7.31. The van der Waals surface area contributed by atoms with Gasteiger partial charge in [0, 0.05) is 39.3 Å². The van der Waals surface area contributed by atoms with Gasteiger partial charge in [-0.05, 0) is 5.92 Å². The summed E-state index contributed by atoms with van der Waals surface area (Å²) in [4.78, 5) is 5.11. The topological polar surface area (TPSA) is 24.9 Å². The second-order valence-corrected chi connectivity index (χ2v) is 5.10. The van der Waals surface area contributed by atoms with Crippen LogP contribution in [0.5, 0.6) is 0 Å². The third-order valence-electron chi connectivity index (χ3n) is 3.82. The summed E-state index contributed by atoms with van der Waals surface area (Å²) in [5.41, 5.74) is 0. The van der Waals surface area contributed by atoms with Crippen LogP contribution < -0.4 is 0 Å². The van der Waals surface area contributed by atoms with Crippen molar-refractivity contribution in [2.75, 3.05) is 65.7 Å². The summed E-state index contributed by atoms with van der Waals surface area (Å²) in [7, 11) is 0. The van der Waals surface area contributed by atoms with Gasteiger partial charge in [-0.15, -0.1) is 0 Å². The van der Waals surface area contributed by atoms with Crippen LogP contribution in [0.15, 0.2) is 0 Å². The zero-order chi connectivity index (χ0) is 11.9. The molecule has 2 saturated heterocycles. The molecule has 0 aromatic heterocycles. The molecule has 2 aliphatic rings. The molecule has 2 rings (SSSR count). The van der Waals surface area contributed by atoms with E-state index in [1.807, 2.05) is 0 Å². The maximum absolute atomic E-state index is 5.40. The van der Waals surface area contributed by atoms with Crippen LogP contribution in [0.4, 0.5) is 0 Å². The second-order valence-electron chi connectivity index (χ2n) is 5.10. The lowest BCUT2D eigenvalue weighted by atomic mass is 10.0. The summed E-state index contributed by atoms with van der Waals surface area (Å²) in [5.74, 6) is 0.797. The van der Waals surface area contributed by atoms with Crippen molar-refractivity contribution in [3.05, 3.63) is 0 Å². The largest absolute Gasteiger partial charge is 0.379 e. The Morgan fingerprint density at radius 2 is 1.24 bits per heavy atom. The molecule has 0 aliphatic carbocycles. The van der Waals surface area contributed by atoms with E-state index in [1.54, 1.807) is 0 Å². The third kappa shape index (κ3) is 4.54. The average Bonchev–Trinajstić information content (AvgIpc) is 2.40. The molecule has 2 heterocycles. The quantitative estimate of drug-likeness (QED) is 0.708. The van der Waals surface area contributed by atoms with E-state index in [-0.39, 0.29) is 0 Å². The van der Waals surface area contributed by atoms with E-state index in [2.05, 4.69) is 16.7 Å². The first-order valence-electron chi connectivity index (χ1n) is 6.98. The molecule has 0 saturated carbocycles. The minimum Gasteiger partial charge on any atom is -0.379 e. The third-order valence-corrected chi connectivity index (χ3v) is 3.82. The Kier molecular flexibility index (Phi) is 5.71. The van der Waals surface area contributed by atoms with Crippen molar-refractivity contribution in [1.29, 1.82) is 0 Å². The molecule has 0 amide bonds. The lowest BCUT2D eigenvalue weighted by molar-refractivity contribution is 0.0118. The van der Waals surface area contributed by atoms with Crippen LogP contribution in [0.1, 0.15) is 13.3 Å². The van der Waals surface area contributed by atoms with Gasteiger partial charge in [0.05, 0.1) is 26.4 Å². The van der Waals surface area contributed by atoms with Crippen molar-refractivity contribution in [2.24, 2.45) is 5.92 Å². The highest BCUT2D eigenvalue weighted by molar-refractivity contribution is 4.72. The molecule has 4 nitrogen and oxygen atoms in total. The normalized spacial score (nSPS) is 24.4. The van der Waals surface area contributed by atoms with Crippen LogP contribution in [0.2, 0.25) is 0 Å². The molecule has 2 fully saturated rings. The summed E-state index contributed by atoms with van der Waals surface area (Å²) >= 11 is 0. The van der Waals surface area contributed by atoms with Crippen molar-refractivity contribution in [1.82, 2.24) is 9.80 Å². The van der Waals surface area contributed by atoms with Gasteiger partial charge >= 0.3 is 0 Å². The van der Waals surface area contributed by atoms with Gasteiger partial charge in [-0.2, -0.15) is 0 Å². The van der Waals surface area contributed by atoms with Crippen LogP contribution in [0, 0.1) is 5.92 Å². The maximum Gasteiger partial charge on any atom is 0.0594 e. The highest BCUT2D eigenvalue weighted by Gasteiger charge is 2.19. The predicted octanol–water partition coefficient (Wildman–Crippen LogP) is 0.677. The molecule has 0 atom stereocenters. The average molecular weight is 242 g/mol.